The lowest BCUT2D eigenvalue weighted by Gasteiger charge is -2.21. The maximum absolute atomic E-state index is 12.2. The zero-order chi connectivity index (χ0) is 16.2. The summed E-state index contributed by atoms with van der Waals surface area (Å²) in [4.78, 5) is 24.0. The summed E-state index contributed by atoms with van der Waals surface area (Å²) < 4.78 is 5.67. The van der Waals surface area contributed by atoms with Crippen LogP contribution in [0, 0.1) is 0 Å². The van der Waals surface area contributed by atoms with Gasteiger partial charge in [0.25, 0.3) is 0 Å². The van der Waals surface area contributed by atoms with Gasteiger partial charge in [-0.15, -0.1) is 11.3 Å². The topological polar surface area (TPSA) is 75.6 Å². The smallest absolute Gasteiger partial charge is 0.426 e. The lowest BCUT2D eigenvalue weighted by Crippen LogP contribution is -2.48. The summed E-state index contributed by atoms with van der Waals surface area (Å²) in [5, 5.41) is 15.1. The van der Waals surface area contributed by atoms with E-state index < -0.39 is 13.1 Å². The van der Waals surface area contributed by atoms with Crippen molar-refractivity contribution < 1.29 is 19.3 Å². The molecular weight excluding hydrogens is 313 g/mol. The molecule has 122 valence electrons. The third kappa shape index (κ3) is 3.91. The van der Waals surface area contributed by atoms with Crippen LogP contribution in [0.2, 0.25) is 0 Å². The fourth-order valence-corrected chi connectivity index (χ4v) is 4.10. The van der Waals surface area contributed by atoms with Crippen molar-refractivity contribution in [3.63, 3.8) is 0 Å². The van der Waals surface area contributed by atoms with E-state index in [2.05, 4.69) is 5.32 Å². The quantitative estimate of drug-likeness (QED) is 0.488. The van der Waals surface area contributed by atoms with Crippen molar-refractivity contribution in [3.05, 3.63) is 33.5 Å². The molecule has 0 fully saturated rings. The molecule has 0 saturated carbocycles. The van der Waals surface area contributed by atoms with Gasteiger partial charge in [-0.1, -0.05) is 11.6 Å². The van der Waals surface area contributed by atoms with E-state index in [1.165, 1.54) is 16.9 Å². The van der Waals surface area contributed by atoms with Gasteiger partial charge >= 0.3 is 7.12 Å². The van der Waals surface area contributed by atoms with E-state index in [-0.39, 0.29) is 18.4 Å². The predicted octanol–water partition coefficient (Wildman–Crippen LogP) is 1.65. The number of aldehydes is 1. The van der Waals surface area contributed by atoms with Crippen LogP contribution in [0.5, 0.6) is 0 Å². The molecule has 0 bridgehead atoms. The van der Waals surface area contributed by atoms with Gasteiger partial charge in [0, 0.05) is 11.3 Å². The normalized spacial score (nSPS) is 24.3. The SMILES string of the molecule is O=CCC1OB(O)C(NC(=O)Cc2cccs2)CC2=C1CCC2. The van der Waals surface area contributed by atoms with Crippen molar-refractivity contribution in [2.75, 3.05) is 0 Å². The Morgan fingerprint density at radius 1 is 1.52 bits per heavy atom. The van der Waals surface area contributed by atoms with E-state index in [9.17, 15) is 14.6 Å². The van der Waals surface area contributed by atoms with E-state index in [0.717, 1.165) is 36.0 Å². The van der Waals surface area contributed by atoms with Crippen molar-refractivity contribution >= 4 is 30.6 Å². The number of rotatable bonds is 5. The molecule has 23 heavy (non-hydrogen) atoms. The Balaban J connectivity index is 1.67. The van der Waals surface area contributed by atoms with Crippen LogP contribution in [0.25, 0.3) is 0 Å². The van der Waals surface area contributed by atoms with Crippen LogP contribution in [0.3, 0.4) is 0 Å². The monoisotopic (exact) mass is 333 g/mol. The molecule has 1 amide bonds. The minimum Gasteiger partial charge on any atom is -0.426 e. The molecule has 2 N–H and O–H groups in total. The number of hydrogen-bond acceptors (Lipinski definition) is 5. The first kappa shape index (κ1) is 16.4. The van der Waals surface area contributed by atoms with E-state index in [1.807, 2.05) is 17.5 Å². The maximum Gasteiger partial charge on any atom is 0.478 e. The fourth-order valence-electron chi connectivity index (χ4n) is 3.40. The third-order valence-corrected chi connectivity index (χ3v) is 5.33. The summed E-state index contributed by atoms with van der Waals surface area (Å²) in [5.74, 6) is -0.573. The Kier molecular flexibility index (Phi) is 5.30. The molecule has 5 nitrogen and oxygen atoms in total. The Hall–Kier alpha value is -1.44. The zero-order valence-corrected chi connectivity index (χ0v) is 13.7. The highest BCUT2D eigenvalue weighted by molar-refractivity contribution is 7.10. The highest BCUT2D eigenvalue weighted by Crippen LogP contribution is 2.36. The van der Waals surface area contributed by atoms with Crippen molar-refractivity contribution in [1.82, 2.24) is 5.32 Å². The van der Waals surface area contributed by atoms with Crippen LogP contribution in [-0.4, -0.2) is 36.4 Å². The van der Waals surface area contributed by atoms with E-state index in [1.54, 1.807) is 0 Å². The molecule has 1 aliphatic carbocycles. The van der Waals surface area contributed by atoms with Crippen LogP contribution in [0.1, 0.15) is 37.0 Å². The maximum atomic E-state index is 12.2. The molecule has 1 aliphatic heterocycles. The van der Waals surface area contributed by atoms with Gasteiger partial charge in [0.05, 0.1) is 18.5 Å². The number of amides is 1. The lowest BCUT2D eigenvalue weighted by atomic mass is 9.75. The molecule has 0 spiro atoms. The molecule has 0 radical (unpaired) electrons. The Bertz CT molecular complexity index is 601. The van der Waals surface area contributed by atoms with Crippen molar-refractivity contribution in [2.45, 2.75) is 50.6 Å². The predicted molar refractivity (Wildman–Crippen MR) is 89.0 cm³/mol. The number of nitrogens with one attached hydrogen (secondary N) is 1. The highest BCUT2D eigenvalue weighted by Gasteiger charge is 2.38. The second kappa shape index (κ2) is 7.42. The van der Waals surface area contributed by atoms with Crippen LogP contribution < -0.4 is 5.32 Å². The summed E-state index contributed by atoms with van der Waals surface area (Å²) in [5.41, 5.74) is 2.38. The van der Waals surface area contributed by atoms with Gasteiger partial charge in [0.1, 0.15) is 6.29 Å². The molecule has 7 heteroatoms. The fraction of sp³-hybridized carbons (Fsp3) is 0.500. The van der Waals surface area contributed by atoms with Gasteiger partial charge in [0.2, 0.25) is 5.91 Å². The van der Waals surface area contributed by atoms with Gasteiger partial charge in [-0.25, -0.2) is 0 Å². The van der Waals surface area contributed by atoms with Crippen LogP contribution in [-0.2, 0) is 20.7 Å². The summed E-state index contributed by atoms with van der Waals surface area (Å²) in [6, 6.07) is 3.83. The third-order valence-electron chi connectivity index (χ3n) is 4.45. The van der Waals surface area contributed by atoms with Crippen LogP contribution in [0.4, 0.5) is 0 Å². The first-order valence-electron chi connectivity index (χ1n) is 7.97. The molecular formula is C16H20BNO4S. The minimum absolute atomic E-state index is 0.117. The van der Waals surface area contributed by atoms with Crippen LogP contribution >= 0.6 is 11.3 Å². The summed E-state index contributed by atoms with van der Waals surface area (Å²) in [7, 11) is -1.09. The van der Waals surface area contributed by atoms with E-state index >= 15 is 0 Å². The van der Waals surface area contributed by atoms with E-state index in [0.29, 0.717) is 12.8 Å². The van der Waals surface area contributed by atoms with Crippen molar-refractivity contribution in [1.29, 1.82) is 0 Å². The van der Waals surface area contributed by atoms with E-state index in [4.69, 9.17) is 4.65 Å². The average molecular weight is 333 g/mol. The highest BCUT2D eigenvalue weighted by atomic mass is 32.1. The number of carbonyl (C=O) groups excluding carboxylic acids is 2. The zero-order valence-electron chi connectivity index (χ0n) is 12.9. The molecule has 2 aliphatic rings. The second-order valence-electron chi connectivity index (χ2n) is 6.03. The van der Waals surface area contributed by atoms with Gasteiger partial charge in [0.15, 0.2) is 0 Å². The molecule has 1 aromatic rings. The molecule has 0 aromatic carbocycles. The molecule has 2 heterocycles. The molecule has 2 atom stereocenters. The summed E-state index contributed by atoms with van der Waals surface area (Å²) >= 11 is 1.54. The Labute approximate surface area is 139 Å². The standard InChI is InChI=1S/C16H20BNO4S/c19-7-6-14-13-5-1-3-11(13)9-15(17(21)22-14)18-16(20)10-12-4-2-8-23-12/h2,4,7-8,14-15,21H,1,3,5-6,9-10H2,(H,18,20). The number of thiophene rings is 1. The lowest BCUT2D eigenvalue weighted by molar-refractivity contribution is -0.120. The second-order valence-corrected chi connectivity index (χ2v) is 7.07. The minimum atomic E-state index is -1.09. The van der Waals surface area contributed by atoms with Crippen molar-refractivity contribution in [2.24, 2.45) is 0 Å². The number of carbonyl (C=O) groups is 2. The molecule has 1 aromatic heterocycles. The Morgan fingerprint density at radius 3 is 3.13 bits per heavy atom. The Morgan fingerprint density at radius 2 is 2.39 bits per heavy atom. The van der Waals surface area contributed by atoms with Gasteiger partial charge in [-0.2, -0.15) is 0 Å². The van der Waals surface area contributed by atoms with Crippen molar-refractivity contribution in [3.8, 4) is 0 Å². The first-order valence-corrected chi connectivity index (χ1v) is 8.85. The van der Waals surface area contributed by atoms with Gasteiger partial charge < -0.3 is 19.8 Å². The largest absolute Gasteiger partial charge is 0.478 e. The van der Waals surface area contributed by atoms with Crippen LogP contribution in [0.15, 0.2) is 28.7 Å². The summed E-state index contributed by atoms with van der Waals surface area (Å²) in [6.45, 7) is 0. The molecule has 3 rings (SSSR count). The first-order chi connectivity index (χ1) is 11.2. The summed E-state index contributed by atoms with van der Waals surface area (Å²) in [6.07, 6.45) is 4.57. The van der Waals surface area contributed by atoms with Gasteiger partial charge in [-0.05, 0) is 42.7 Å². The number of hydrogen-bond donors (Lipinski definition) is 2. The van der Waals surface area contributed by atoms with Gasteiger partial charge in [-0.3, -0.25) is 4.79 Å². The molecule has 0 saturated heterocycles. The molecule has 2 unspecified atom stereocenters. The average Bonchev–Trinajstić information content (AvgIpc) is 3.15.